The Balaban J connectivity index is 3.01. The van der Waals surface area contributed by atoms with Gasteiger partial charge in [0.1, 0.15) is 5.75 Å². The summed E-state index contributed by atoms with van der Waals surface area (Å²) in [5.74, 6) is 0.928. The lowest BCUT2D eigenvalue weighted by Crippen LogP contribution is -2.24. The van der Waals surface area contributed by atoms with Crippen molar-refractivity contribution >= 4 is 0 Å². The topological polar surface area (TPSA) is 45.0 Å². The number of benzene rings is 1. The number of nitriles is 1. The zero-order valence-electron chi connectivity index (χ0n) is 11.2. The van der Waals surface area contributed by atoms with Crippen molar-refractivity contribution in [1.29, 1.82) is 5.26 Å². The number of hydrogen-bond donors (Lipinski definition) is 1. The molecule has 1 rings (SSSR count). The van der Waals surface area contributed by atoms with Crippen LogP contribution in [0.5, 0.6) is 5.75 Å². The van der Waals surface area contributed by atoms with Gasteiger partial charge in [-0.25, -0.2) is 0 Å². The average Bonchev–Trinajstić information content (AvgIpc) is 2.33. The van der Waals surface area contributed by atoms with Crippen molar-refractivity contribution in [3.05, 3.63) is 28.3 Å². The summed E-state index contributed by atoms with van der Waals surface area (Å²) in [6.07, 6.45) is 0. The lowest BCUT2D eigenvalue weighted by Gasteiger charge is -2.17. The van der Waals surface area contributed by atoms with Crippen LogP contribution in [0.2, 0.25) is 0 Å². The maximum Gasteiger partial charge on any atom is 0.122 e. The van der Waals surface area contributed by atoms with E-state index < -0.39 is 0 Å². The third kappa shape index (κ3) is 2.98. The number of hydrogen-bond acceptors (Lipinski definition) is 3. The third-order valence-corrected chi connectivity index (χ3v) is 3.21. The summed E-state index contributed by atoms with van der Waals surface area (Å²) in [7, 11) is 1.69. The first-order valence-electron chi connectivity index (χ1n) is 5.78. The van der Waals surface area contributed by atoms with Crippen LogP contribution in [0.15, 0.2) is 6.07 Å². The van der Waals surface area contributed by atoms with E-state index in [4.69, 9.17) is 10.00 Å². The molecule has 1 unspecified atom stereocenters. The first-order valence-corrected chi connectivity index (χ1v) is 5.78. The largest absolute Gasteiger partial charge is 0.496 e. The SMILES string of the molecule is COc1cc(C)c(CNC(C)C#N)c(C)c1C. The Morgan fingerprint density at radius 1 is 1.35 bits per heavy atom. The molecule has 0 aliphatic carbocycles. The fraction of sp³-hybridized carbons (Fsp3) is 0.500. The van der Waals surface area contributed by atoms with Crippen LogP contribution in [0.1, 0.15) is 29.2 Å². The van der Waals surface area contributed by atoms with Gasteiger partial charge in [0.25, 0.3) is 0 Å². The van der Waals surface area contributed by atoms with Crippen LogP contribution in [0.3, 0.4) is 0 Å². The number of aryl methyl sites for hydroxylation is 1. The van der Waals surface area contributed by atoms with E-state index in [0.717, 1.165) is 12.3 Å². The minimum atomic E-state index is -0.129. The number of nitrogens with one attached hydrogen (secondary N) is 1. The van der Waals surface area contributed by atoms with Crippen LogP contribution in [-0.4, -0.2) is 13.2 Å². The van der Waals surface area contributed by atoms with Crippen LogP contribution in [0, 0.1) is 32.1 Å². The molecular weight excluding hydrogens is 212 g/mol. The molecule has 92 valence electrons. The van der Waals surface area contributed by atoms with E-state index in [1.165, 1.54) is 22.3 Å². The summed E-state index contributed by atoms with van der Waals surface area (Å²) < 4.78 is 5.34. The molecule has 0 bridgehead atoms. The van der Waals surface area contributed by atoms with Crippen LogP contribution < -0.4 is 10.1 Å². The van der Waals surface area contributed by atoms with Gasteiger partial charge in [0.05, 0.1) is 19.2 Å². The van der Waals surface area contributed by atoms with E-state index in [0.29, 0.717) is 0 Å². The first-order chi connectivity index (χ1) is 8.01. The predicted molar refractivity (Wildman–Crippen MR) is 69.1 cm³/mol. The fourth-order valence-corrected chi connectivity index (χ4v) is 1.88. The molecule has 0 fully saturated rings. The van der Waals surface area contributed by atoms with Crippen molar-refractivity contribution in [2.45, 2.75) is 40.3 Å². The van der Waals surface area contributed by atoms with Gasteiger partial charge in [-0.1, -0.05) is 0 Å². The van der Waals surface area contributed by atoms with Crippen LogP contribution in [0.4, 0.5) is 0 Å². The van der Waals surface area contributed by atoms with Gasteiger partial charge in [0.2, 0.25) is 0 Å². The molecule has 1 aromatic rings. The van der Waals surface area contributed by atoms with Crippen molar-refractivity contribution in [2.75, 3.05) is 7.11 Å². The molecule has 17 heavy (non-hydrogen) atoms. The Morgan fingerprint density at radius 2 is 2.00 bits per heavy atom. The highest BCUT2D eigenvalue weighted by Crippen LogP contribution is 2.27. The summed E-state index contributed by atoms with van der Waals surface area (Å²) in [6, 6.07) is 4.10. The molecule has 3 nitrogen and oxygen atoms in total. The van der Waals surface area contributed by atoms with Gasteiger partial charge in [-0.3, -0.25) is 5.32 Å². The monoisotopic (exact) mass is 232 g/mol. The Kier molecular flexibility index (Phi) is 4.53. The highest BCUT2D eigenvalue weighted by atomic mass is 16.5. The fourth-order valence-electron chi connectivity index (χ4n) is 1.88. The Morgan fingerprint density at radius 3 is 2.53 bits per heavy atom. The molecule has 1 atom stereocenters. The highest BCUT2D eigenvalue weighted by molar-refractivity contribution is 5.48. The summed E-state index contributed by atoms with van der Waals surface area (Å²) in [6.45, 7) is 8.81. The van der Waals surface area contributed by atoms with Crippen molar-refractivity contribution in [3.8, 4) is 11.8 Å². The van der Waals surface area contributed by atoms with Gasteiger partial charge in [0.15, 0.2) is 0 Å². The number of methoxy groups -OCH3 is 1. The molecule has 0 aliphatic heterocycles. The number of nitrogens with zero attached hydrogens (tertiary/aromatic N) is 1. The molecule has 0 radical (unpaired) electrons. The normalized spacial score (nSPS) is 12.0. The molecule has 1 N–H and O–H groups in total. The van der Waals surface area contributed by atoms with Gasteiger partial charge >= 0.3 is 0 Å². The summed E-state index contributed by atoms with van der Waals surface area (Å²) in [5.41, 5.74) is 4.85. The molecule has 3 heteroatoms. The highest BCUT2D eigenvalue weighted by Gasteiger charge is 2.11. The average molecular weight is 232 g/mol. The van der Waals surface area contributed by atoms with E-state index in [9.17, 15) is 0 Å². The van der Waals surface area contributed by atoms with Crippen molar-refractivity contribution in [2.24, 2.45) is 0 Å². The Bertz CT molecular complexity index is 447. The van der Waals surface area contributed by atoms with Gasteiger partial charge < -0.3 is 4.74 Å². The van der Waals surface area contributed by atoms with Crippen LogP contribution in [-0.2, 0) is 6.54 Å². The summed E-state index contributed by atoms with van der Waals surface area (Å²) in [5, 5.41) is 11.9. The standard InChI is InChI=1S/C14H20N2O/c1-9-6-14(17-5)12(4)11(3)13(9)8-16-10(2)7-15/h6,10,16H,8H2,1-5H3. The van der Waals surface area contributed by atoms with Crippen molar-refractivity contribution in [3.63, 3.8) is 0 Å². The van der Waals surface area contributed by atoms with Gasteiger partial charge in [0, 0.05) is 6.54 Å². The summed E-state index contributed by atoms with van der Waals surface area (Å²) in [4.78, 5) is 0. The van der Waals surface area contributed by atoms with E-state index in [1.54, 1.807) is 7.11 Å². The second-order valence-electron chi connectivity index (χ2n) is 4.36. The smallest absolute Gasteiger partial charge is 0.122 e. The molecule has 0 spiro atoms. The molecule has 0 aliphatic rings. The minimum Gasteiger partial charge on any atom is -0.496 e. The molecule has 0 aromatic heterocycles. The number of ether oxygens (including phenoxy) is 1. The lowest BCUT2D eigenvalue weighted by atomic mass is 9.97. The van der Waals surface area contributed by atoms with Crippen molar-refractivity contribution < 1.29 is 4.74 Å². The summed E-state index contributed by atoms with van der Waals surface area (Å²) >= 11 is 0. The molecule has 0 heterocycles. The second kappa shape index (κ2) is 5.70. The van der Waals surface area contributed by atoms with E-state index in [2.05, 4.69) is 38.2 Å². The van der Waals surface area contributed by atoms with Crippen molar-refractivity contribution in [1.82, 2.24) is 5.32 Å². The van der Waals surface area contributed by atoms with E-state index in [-0.39, 0.29) is 6.04 Å². The zero-order valence-corrected chi connectivity index (χ0v) is 11.2. The molecule has 1 aromatic carbocycles. The molecule has 0 amide bonds. The number of rotatable bonds is 4. The first kappa shape index (κ1) is 13.5. The molecule has 0 saturated carbocycles. The van der Waals surface area contributed by atoms with E-state index in [1.807, 2.05) is 6.92 Å². The lowest BCUT2D eigenvalue weighted by molar-refractivity contribution is 0.410. The van der Waals surface area contributed by atoms with E-state index >= 15 is 0 Å². The van der Waals surface area contributed by atoms with Gasteiger partial charge in [-0.05, 0) is 56.0 Å². The maximum atomic E-state index is 8.76. The zero-order chi connectivity index (χ0) is 13.0. The predicted octanol–water partition coefficient (Wildman–Crippen LogP) is 2.62. The quantitative estimate of drug-likeness (QED) is 0.868. The minimum absolute atomic E-state index is 0.129. The Labute approximate surface area is 103 Å². The Hall–Kier alpha value is -1.53. The molecule has 0 saturated heterocycles. The molecular formula is C14H20N2O. The van der Waals surface area contributed by atoms with Gasteiger partial charge in [-0.2, -0.15) is 5.26 Å². The van der Waals surface area contributed by atoms with Gasteiger partial charge in [-0.15, -0.1) is 0 Å². The maximum absolute atomic E-state index is 8.76. The van der Waals surface area contributed by atoms with Crippen LogP contribution >= 0.6 is 0 Å². The van der Waals surface area contributed by atoms with Crippen LogP contribution in [0.25, 0.3) is 0 Å². The second-order valence-corrected chi connectivity index (χ2v) is 4.36. The third-order valence-electron chi connectivity index (χ3n) is 3.21.